The van der Waals surface area contributed by atoms with Crippen LogP contribution in [0.2, 0.25) is 0 Å². The maximum absolute atomic E-state index is 12.3. The van der Waals surface area contributed by atoms with Gasteiger partial charge < -0.3 is 15.4 Å². The van der Waals surface area contributed by atoms with Gasteiger partial charge in [0.1, 0.15) is 18.0 Å². The van der Waals surface area contributed by atoms with Crippen molar-refractivity contribution in [2.75, 3.05) is 44.7 Å². The number of anilines is 2. The van der Waals surface area contributed by atoms with E-state index in [-0.39, 0.29) is 5.91 Å². The average molecular weight is 328 g/mol. The molecule has 24 heavy (non-hydrogen) atoms. The molecule has 8 nitrogen and oxygen atoms in total. The van der Waals surface area contributed by atoms with E-state index < -0.39 is 0 Å². The van der Waals surface area contributed by atoms with Crippen LogP contribution < -0.4 is 10.6 Å². The summed E-state index contributed by atoms with van der Waals surface area (Å²) in [7, 11) is 0. The van der Waals surface area contributed by atoms with Gasteiger partial charge in [-0.2, -0.15) is 0 Å². The zero-order chi connectivity index (χ0) is 16.6. The topological polar surface area (TPSA) is 92.3 Å². The Labute approximate surface area is 140 Å². The minimum atomic E-state index is -0.114. The third-order valence-corrected chi connectivity index (χ3v) is 3.68. The first-order chi connectivity index (χ1) is 11.8. The maximum Gasteiger partial charge on any atom is 0.251 e. The summed E-state index contributed by atoms with van der Waals surface area (Å²) in [6.07, 6.45) is 4.68. The van der Waals surface area contributed by atoms with Gasteiger partial charge in [-0.05, 0) is 18.2 Å². The van der Waals surface area contributed by atoms with Gasteiger partial charge in [-0.15, -0.1) is 0 Å². The van der Waals surface area contributed by atoms with Crippen LogP contribution in [-0.4, -0.2) is 65.2 Å². The third kappa shape index (κ3) is 4.71. The number of pyridine rings is 1. The number of carbonyl (C=O) groups is 1. The lowest BCUT2D eigenvalue weighted by Gasteiger charge is -2.26. The van der Waals surface area contributed by atoms with Crippen molar-refractivity contribution in [3.8, 4) is 0 Å². The molecule has 0 atom stereocenters. The standard InChI is InChI=1S/C16H20N6O2/c23-16(19-5-6-22-7-9-24-10-8-22)13-1-4-18-15(11-13)21-14-2-3-17-12-20-14/h1-4,11-12H,5-10H2,(H,19,23)(H,17,18,20,21). The summed E-state index contributed by atoms with van der Waals surface area (Å²) >= 11 is 0. The fourth-order valence-electron chi connectivity index (χ4n) is 2.39. The number of hydrogen-bond donors (Lipinski definition) is 2. The summed E-state index contributed by atoms with van der Waals surface area (Å²) in [5, 5.41) is 5.98. The Balaban J connectivity index is 1.52. The largest absolute Gasteiger partial charge is 0.379 e. The van der Waals surface area contributed by atoms with Gasteiger partial charge in [0.25, 0.3) is 5.91 Å². The Morgan fingerprint density at radius 3 is 2.83 bits per heavy atom. The number of morpholine rings is 1. The molecule has 0 aliphatic carbocycles. The predicted octanol–water partition coefficient (Wildman–Crippen LogP) is 0.677. The molecule has 1 aliphatic rings. The van der Waals surface area contributed by atoms with Crippen LogP contribution >= 0.6 is 0 Å². The zero-order valence-corrected chi connectivity index (χ0v) is 13.3. The molecule has 3 heterocycles. The molecule has 0 bridgehead atoms. The minimum Gasteiger partial charge on any atom is -0.379 e. The highest BCUT2D eigenvalue weighted by molar-refractivity contribution is 5.94. The van der Waals surface area contributed by atoms with Crippen LogP contribution in [-0.2, 0) is 4.74 Å². The Hall–Kier alpha value is -2.58. The molecule has 0 saturated carbocycles. The first kappa shape index (κ1) is 16.3. The molecule has 1 fully saturated rings. The van der Waals surface area contributed by atoms with E-state index in [9.17, 15) is 4.79 Å². The Morgan fingerprint density at radius 2 is 2.04 bits per heavy atom. The van der Waals surface area contributed by atoms with Gasteiger partial charge in [0, 0.05) is 44.1 Å². The van der Waals surface area contributed by atoms with Crippen LogP contribution in [0.25, 0.3) is 0 Å². The highest BCUT2D eigenvalue weighted by atomic mass is 16.5. The molecule has 2 aromatic rings. The van der Waals surface area contributed by atoms with Crippen molar-refractivity contribution < 1.29 is 9.53 Å². The van der Waals surface area contributed by atoms with Crippen LogP contribution in [0, 0.1) is 0 Å². The molecule has 0 aromatic carbocycles. The third-order valence-electron chi connectivity index (χ3n) is 3.68. The first-order valence-electron chi connectivity index (χ1n) is 7.89. The molecule has 2 aromatic heterocycles. The summed E-state index contributed by atoms with van der Waals surface area (Å²) in [6.45, 7) is 4.78. The summed E-state index contributed by atoms with van der Waals surface area (Å²) in [6, 6.07) is 5.12. The van der Waals surface area contributed by atoms with Crippen LogP contribution in [0.3, 0.4) is 0 Å². The van der Waals surface area contributed by atoms with Crippen LogP contribution in [0.4, 0.5) is 11.6 Å². The lowest BCUT2D eigenvalue weighted by molar-refractivity contribution is 0.0383. The van der Waals surface area contributed by atoms with E-state index >= 15 is 0 Å². The molecule has 0 spiro atoms. The van der Waals surface area contributed by atoms with E-state index in [4.69, 9.17) is 4.74 Å². The van der Waals surface area contributed by atoms with Gasteiger partial charge in [0.05, 0.1) is 13.2 Å². The predicted molar refractivity (Wildman–Crippen MR) is 89.1 cm³/mol. The molecule has 1 saturated heterocycles. The number of rotatable bonds is 6. The number of ether oxygens (including phenoxy) is 1. The molecular weight excluding hydrogens is 308 g/mol. The van der Waals surface area contributed by atoms with Crippen molar-refractivity contribution in [1.82, 2.24) is 25.2 Å². The zero-order valence-electron chi connectivity index (χ0n) is 13.3. The van der Waals surface area contributed by atoms with Crippen LogP contribution in [0.1, 0.15) is 10.4 Å². The molecular formula is C16H20N6O2. The number of nitrogens with one attached hydrogen (secondary N) is 2. The Morgan fingerprint density at radius 1 is 1.17 bits per heavy atom. The van der Waals surface area contributed by atoms with Crippen LogP contribution in [0.15, 0.2) is 36.9 Å². The number of aromatic nitrogens is 3. The summed E-state index contributed by atoms with van der Waals surface area (Å²) in [5.74, 6) is 1.08. The van der Waals surface area contributed by atoms with Gasteiger partial charge in [-0.1, -0.05) is 0 Å². The second kappa shape index (κ2) is 8.32. The SMILES string of the molecule is O=C(NCCN1CCOCC1)c1ccnc(Nc2ccncn2)c1. The fraction of sp³-hybridized carbons (Fsp3) is 0.375. The monoisotopic (exact) mass is 328 g/mol. The minimum absolute atomic E-state index is 0.114. The van der Waals surface area contributed by atoms with Gasteiger partial charge in [-0.3, -0.25) is 9.69 Å². The number of amides is 1. The van der Waals surface area contributed by atoms with Crippen molar-refractivity contribution >= 4 is 17.5 Å². The first-order valence-corrected chi connectivity index (χ1v) is 7.89. The van der Waals surface area contributed by atoms with E-state index in [0.29, 0.717) is 23.7 Å². The molecule has 0 unspecified atom stereocenters. The van der Waals surface area contributed by atoms with E-state index in [2.05, 4.69) is 30.5 Å². The summed E-state index contributed by atoms with van der Waals surface area (Å²) < 4.78 is 5.31. The van der Waals surface area contributed by atoms with E-state index in [0.717, 1.165) is 32.8 Å². The normalized spacial score (nSPS) is 15.0. The van der Waals surface area contributed by atoms with Crippen molar-refractivity contribution in [3.63, 3.8) is 0 Å². The molecule has 0 radical (unpaired) electrons. The molecule has 8 heteroatoms. The number of carbonyl (C=O) groups excluding carboxylic acids is 1. The number of nitrogens with zero attached hydrogens (tertiary/aromatic N) is 4. The number of hydrogen-bond acceptors (Lipinski definition) is 7. The Kier molecular flexibility index (Phi) is 5.65. The van der Waals surface area contributed by atoms with E-state index in [1.165, 1.54) is 6.33 Å². The van der Waals surface area contributed by atoms with Gasteiger partial charge in [0.2, 0.25) is 0 Å². The molecule has 2 N–H and O–H groups in total. The summed E-state index contributed by atoms with van der Waals surface area (Å²) in [4.78, 5) is 26.7. The molecule has 126 valence electrons. The second-order valence-electron chi connectivity index (χ2n) is 5.36. The lowest BCUT2D eigenvalue weighted by Crippen LogP contribution is -2.41. The van der Waals surface area contributed by atoms with E-state index in [1.54, 1.807) is 30.6 Å². The smallest absolute Gasteiger partial charge is 0.251 e. The summed E-state index contributed by atoms with van der Waals surface area (Å²) in [5.41, 5.74) is 0.559. The second-order valence-corrected chi connectivity index (χ2v) is 5.36. The molecule has 3 rings (SSSR count). The highest BCUT2D eigenvalue weighted by Crippen LogP contribution is 2.12. The highest BCUT2D eigenvalue weighted by Gasteiger charge is 2.11. The van der Waals surface area contributed by atoms with Crippen molar-refractivity contribution in [3.05, 3.63) is 42.5 Å². The van der Waals surface area contributed by atoms with Crippen molar-refractivity contribution in [2.45, 2.75) is 0 Å². The molecule has 1 aliphatic heterocycles. The molecule has 1 amide bonds. The van der Waals surface area contributed by atoms with E-state index in [1.807, 2.05) is 0 Å². The fourth-order valence-corrected chi connectivity index (χ4v) is 2.39. The van der Waals surface area contributed by atoms with Crippen molar-refractivity contribution in [2.24, 2.45) is 0 Å². The maximum atomic E-state index is 12.3. The average Bonchev–Trinajstić information content (AvgIpc) is 2.64. The van der Waals surface area contributed by atoms with Gasteiger partial charge >= 0.3 is 0 Å². The van der Waals surface area contributed by atoms with Crippen LogP contribution in [0.5, 0.6) is 0 Å². The Bertz CT molecular complexity index is 661. The van der Waals surface area contributed by atoms with Gasteiger partial charge in [-0.25, -0.2) is 15.0 Å². The van der Waals surface area contributed by atoms with Crippen molar-refractivity contribution in [1.29, 1.82) is 0 Å². The quantitative estimate of drug-likeness (QED) is 0.805. The lowest BCUT2D eigenvalue weighted by atomic mass is 10.2. The van der Waals surface area contributed by atoms with Gasteiger partial charge in [0.15, 0.2) is 0 Å².